The van der Waals surface area contributed by atoms with E-state index >= 15 is 0 Å². The predicted octanol–water partition coefficient (Wildman–Crippen LogP) is 8.74. The molecule has 14 nitrogen and oxygen atoms in total. The zero-order valence-electron chi connectivity index (χ0n) is 43.8. The van der Waals surface area contributed by atoms with Gasteiger partial charge in [0.1, 0.15) is 54.9 Å². The summed E-state index contributed by atoms with van der Waals surface area (Å²) in [5.41, 5.74) is 0. The summed E-state index contributed by atoms with van der Waals surface area (Å²) in [5, 5.41) is 72.2. The van der Waals surface area contributed by atoms with E-state index in [4.69, 9.17) is 28.4 Å². The number of rotatable bonds is 40. The topological polar surface area (TPSA) is 214 Å². The van der Waals surface area contributed by atoms with Gasteiger partial charge in [-0.1, -0.05) is 160 Å². The first-order valence-corrected chi connectivity index (χ1v) is 26.8. The molecule has 2 rings (SSSR count). The number of carbonyl (C=O) groups is 1. The van der Waals surface area contributed by atoms with Gasteiger partial charge in [-0.3, -0.25) is 4.79 Å². The number of esters is 1. The molecule has 0 amide bonds. The summed E-state index contributed by atoms with van der Waals surface area (Å²) in [6.07, 6.45) is 46.6. The molecule has 14 heteroatoms. The van der Waals surface area contributed by atoms with Gasteiger partial charge < -0.3 is 64.2 Å². The van der Waals surface area contributed by atoms with Crippen molar-refractivity contribution < 1.29 is 69.0 Å². The first kappa shape index (κ1) is 65.2. The van der Waals surface area contributed by atoms with Crippen LogP contribution in [0.25, 0.3) is 0 Å². The number of ether oxygens (including phenoxy) is 6. The summed E-state index contributed by atoms with van der Waals surface area (Å²) in [6, 6.07) is 0. The van der Waals surface area contributed by atoms with E-state index in [1.165, 1.54) is 0 Å². The summed E-state index contributed by atoms with van der Waals surface area (Å²) >= 11 is 0. The molecule has 0 aromatic carbocycles. The van der Waals surface area contributed by atoms with Crippen LogP contribution in [0.1, 0.15) is 129 Å². The van der Waals surface area contributed by atoms with Gasteiger partial charge in [-0.25, -0.2) is 0 Å². The number of hydrogen-bond acceptors (Lipinski definition) is 14. The van der Waals surface area contributed by atoms with Gasteiger partial charge in [-0.05, 0) is 96.3 Å². The summed E-state index contributed by atoms with van der Waals surface area (Å²) in [5.74, 6) is -0.474. The van der Waals surface area contributed by atoms with Gasteiger partial charge in [0.15, 0.2) is 12.6 Å². The van der Waals surface area contributed by atoms with E-state index in [1.54, 1.807) is 0 Å². The Morgan fingerprint density at radius 2 is 0.849 bits per heavy atom. The fourth-order valence-corrected chi connectivity index (χ4v) is 7.39. The third-order valence-corrected chi connectivity index (χ3v) is 11.7. The highest BCUT2D eigenvalue weighted by atomic mass is 16.7. The minimum Gasteiger partial charge on any atom is -0.457 e. The van der Waals surface area contributed by atoms with Crippen LogP contribution in [0.4, 0.5) is 0 Å². The summed E-state index contributed by atoms with van der Waals surface area (Å²) in [4.78, 5) is 13.0. The van der Waals surface area contributed by atoms with Crippen molar-refractivity contribution in [1.29, 1.82) is 0 Å². The molecule has 2 fully saturated rings. The monoisotopic (exact) mass is 1020 g/mol. The minimum absolute atomic E-state index is 0.00330. The molecule has 2 saturated heterocycles. The lowest BCUT2D eigenvalue weighted by Crippen LogP contribution is -2.61. The molecule has 0 bridgehead atoms. The Kier molecular flexibility index (Phi) is 39.7. The van der Waals surface area contributed by atoms with Gasteiger partial charge in [-0.2, -0.15) is 0 Å². The normalized spacial score (nSPS) is 26.0. The Balaban J connectivity index is 1.81. The molecule has 11 atom stereocenters. The Morgan fingerprint density at radius 1 is 0.452 bits per heavy atom. The number of hydrogen-bond donors (Lipinski definition) is 7. The van der Waals surface area contributed by atoms with Crippen molar-refractivity contribution in [2.45, 2.75) is 197 Å². The van der Waals surface area contributed by atoms with Gasteiger partial charge in [-0.15, -0.1) is 0 Å². The van der Waals surface area contributed by atoms with Crippen molar-refractivity contribution in [3.63, 3.8) is 0 Å². The van der Waals surface area contributed by atoms with Crippen LogP contribution in [0.3, 0.4) is 0 Å². The molecule has 7 N–H and O–H groups in total. The highest BCUT2D eigenvalue weighted by Crippen LogP contribution is 2.26. The largest absolute Gasteiger partial charge is 0.457 e. The van der Waals surface area contributed by atoms with Crippen molar-refractivity contribution in [2.24, 2.45) is 0 Å². The SMILES string of the molecule is CC/C=C\C/C=C\C/C=C\C/C=C\C/C=C\C/C=C\CCC(=O)OC(COCCCCCC/C=C\C/C=C\C/C=C\C/C=C\C/C=C\CC)COC1OC(COC2OC(CO)C(O)C(O)C2O)C(O)C(O)C1O. The molecule has 0 radical (unpaired) electrons. The molecule has 73 heavy (non-hydrogen) atoms. The van der Waals surface area contributed by atoms with Crippen LogP contribution in [0.15, 0.2) is 134 Å². The molecular weight excluding hydrogens is 933 g/mol. The van der Waals surface area contributed by atoms with E-state index in [9.17, 15) is 40.5 Å². The van der Waals surface area contributed by atoms with Crippen LogP contribution in [0, 0.1) is 0 Å². The quantitative estimate of drug-likeness (QED) is 0.0174. The number of unbranched alkanes of at least 4 members (excludes halogenated alkanes) is 4. The van der Waals surface area contributed by atoms with Crippen LogP contribution in [0.5, 0.6) is 0 Å². The Labute approximate surface area is 437 Å². The zero-order valence-corrected chi connectivity index (χ0v) is 43.8. The van der Waals surface area contributed by atoms with Gasteiger partial charge in [0, 0.05) is 13.0 Å². The van der Waals surface area contributed by atoms with E-state index in [1.807, 2.05) is 12.2 Å². The van der Waals surface area contributed by atoms with E-state index in [2.05, 4.69) is 135 Å². The van der Waals surface area contributed by atoms with Crippen molar-refractivity contribution >= 4 is 5.97 Å². The van der Waals surface area contributed by atoms with E-state index in [0.29, 0.717) is 13.0 Å². The molecule has 0 aromatic heterocycles. The lowest BCUT2D eigenvalue weighted by molar-refractivity contribution is -0.332. The maximum atomic E-state index is 13.0. The van der Waals surface area contributed by atoms with Crippen molar-refractivity contribution in [1.82, 2.24) is 0 Å². The number of allylic oxidation sites excluding steroid dienone is 22. The third kappa shape index (κ3) is 31.6. The number of aliphatic hydroxyl groups is 7. The second kappa shape index (κ2) is 44.4. The lowest BCUT2D eigenvalue weighted by Gasteiger charge is -2.42. The first-order chi connectivity index (χ1) is 35.6. The van der Waals surface area contributed by atoms with Gasteiger partial charge in [0.25, 0.3) is 0 Å². The third-order valence-electron chi connectivity index (χ3n) is 11.7. The van der Waals surface area contributed by atoms with E-state index in [-0.39, 0.29) is 19.6 Å². The molecule has 412 valence electrons. The first-order valence-electron chi connectivity index (χ1n) is 26.8. The second-order valence-electron chi connectivity index (χ2n) is 17.9. The fourth-order valence-electron chi connectivity index (χ4n) is 7.39. The Bertz CT molecular complexity index is 1710. The van der Waals surface area contributed by atoms with Crippen LogP contribution >= 0.6 is 0 Å². The highest BCUT2D eigenvalue weighted by molar-refractivity contribution is 5.69. The molecule has 0 aliphatic carbocycles. The molecular formula is C59H92O14. The standard InChI is InChI=1S/C59H92O14/c1-3-5-7-9-11-13-15-17-19-21-23-25-27-29-31-33-35-37-39-41-43-68-45-48(71-51(61)42-40-38-36-34-32-30-28-26-24-22-20-18-16-14-12-10-8-6-4-2)46-69-58-57(67)55(65)53(63)50(73-58)47-70-59-56(66)54(64)52(62)49(44-60)72-59/h5-8,11-14,17-20,23-26,29-32,36,38,48-50,52-60,62-67H,3-4,9-10,15-16,21-22,27-28,33-35,37,39-47H2,1-2H3/b7-5-,8-6-,13-11-,14-12-,19-17-,20-18-,25-23-,26-24-,31-29-,32-30-,38-36-. The maximum Gasteiger partial charge on any atom is 0.306 e. The van der Waals surface area contributed by atoms with Crippen LogP contribution in [0.2, 0.25) is 0 Å². The summed E-state index contributed by atoms with van der Waals surface area (Å²) in [6.45, 7) is 3.25. The molecule has 0 saturated carbocycles. The second-order valence-corrected chi connectivity index (χ2v) is 17.9. The zero-order chi connectivity index (χ0) is 53.0. The highest BCUT2D eigenvalue weighted by Gasteiger charge is 2.47. The summed E-state index contributed by atoms with van der Waals surface area (Å²) < 4.78 is 34.2. The number of aliphatic hydroxyl groups excluding tert-OH is 7. The fraction of sp³-hybridized carbons (Fsp3) is 0.610. The molecule has 2 aliphatic heterocycles. The molecule has 11 unspecified atom stereocenters. The van der Waals surface area contributed by atoms with Crippen LogP contribution in [-0.4, -0.2) is 142 Å². The van der Waals surface area contributed by atoms with E-state index < -0.39 is 86.7 Å². The van der Waals surface area contributed by atoms with Crippen molar-refractivity contribution in [3.05, 3.63) is 134 Å². The Morgan fingerprint density at radius 3 is 1.32 bits per heavy atom. The van der Waals surface area contributed by atoms with Crippen LogP contribution in [-0.2, 0) is 33.2 Å². The smallest absolute Gasteiger partial charge is 0.306 e. The van der Waals surface area contributed by atoms with Gasteiger partial charge in [0.2, 0.25) is 0 Å². The summed E-state index contributed by atoms with van der Waals surface area (Å²) in [7, 11) is 0. The average Bonchev–Trinajstić information content (AvgIpc) is 3.39. The molecule has 0 spiro atoms. The molecule has 2 aliphatic rings. The van der Waals surface area contributed by atoms with Crippen LogP contribution < -0.4 is 0 Å². The maximum absolute atomic E-state index is 13.0. The minimum atomic E-state index is -1.73. The number of carbonyl (C=O) groups excluding carboxylic acids is 1. The lowest BCUT2D eigenvalue weighted by atomic mass is 9.98. The van der Waals surface area contributed by atoms with E-state index in [0.717, 1.165) is 103 Å². The van der Waals surface area contributed by atoms with Crippen molar-refractivity contribution in [3.8, 4) is 0 Å². The molecule has 0 aromatic rings. The predicted molar refractivity (Wildman–Crippen MR) is 288 cm³/mol. The van der Waals surface area contributed by atoms with Gasteiger partial charge >= 0.3 is 5.97 Å². The molecule has 2 heterocycles. The average molecular weight is 1030 g/mol. The van der Waals surface area contributed by atoms with Gasteiger partial charge in [0.05, 0.1) is 26.4 Å². The van der Waals surface area contributed by atoms with Crippen molar-refractivity contribution in [2.75, 3.05) is 33.0 Å². The Hall–Kier alpha value is -3.87.